The molecule has 0 aromatic heterocycles. The lowest BCUT2D eigenvalue weighted by Crippen LogP contribution is -2.29. The number of sulfonamides is 1. The smallest absolute Gasteiger partial charge is 0.265 e. The van der Waals surface area contributed by atoms with Crippen LogP contribution in [0, 0.1) is 0 Å². The lowest BCUT2D eigenvalue weighted by Gasteiger charge is -2.15. The number of hydrogen-bond acceptors (Lipinski definition) is 7. The first-order chi connectivity index (χ1) is 20.6. The van der Waals surface area contributed by atoms with Gasteiger partial charge in [-0.1, -0.05) is 36.4 Å². The van der Waals surface area contributed by atoms with Crippen LogP contribution in [0.5, 0.6) is 11.5 Å². The first-order valence-corrected chi connectivity index (χ1v) is 14.9. The zero-order valence-corrected chi connectivity index (χ0v) is 25.2. The molecule has 0 aliphatic carbocycles. The third-order valence-corrected chi connectivity index (χ3v) is 7.93. The van der Waals surface area contributed by atoms with Crippen LogP contribution in [-0.2, 0) is 10.0 Å². The van der Waals surface area contributed by atoms with Crippen LogP contribution in [0.1, 0.15) is 20.7 Å². The highest BCUT2D eigenvalue weighted by Crippen LogP contribution is 2.32. The van der Waals surface area contributed by atoms with Gasteiger partial charge in [-0.3, -0.25) is 14.3 Å². The lowest BCUT2D eigenvalue weighted by atomic mass is 10.0. The van der Waals surface area contributed by atoms with E-state index < -0.39 is 10.0 Å². The number of nitrogens with zero attached hydrogens (tertiary/aromatic N) is 1. The topological polar surface area (TPSA) is 126 Å². The number of methoxy groups -OCH3 is 2. The summed E-state index contributed by atoms with van der Waals surface area (Å²) < 4.78 is 40.2. The number of rotatable bonds is 12. The normalized spacial score (nSPS) is 10.9. The minimum Gasteiger partial charge on any atom is -0.496 e. The van der Waals surface area contributed by atoms with E-state index in [0.717, 1.165) is 5.56 Å². The van der Waals surface area contributed by atoms with Crippen molar-refractivity contribution in [2.24, 2.45) is 0 Å². The Kier molecular flexibility index (Phi) is 9.89. The van der Waals surface area contributed by atoms with Crippen LogP contribution < -0.4 is 24.8 Å². The molecule has 4 aromatic carbocycles. The number of carbonyl (C=O) groups excluding carboxylic acids is 2. The van der Waals surface area contributed by atoms with Crippen molar-refractivity contribution >= 4 is 33.2 Å². The maximum absolute atomic E-state index is 13.5. The minimum absolute atomic E-state index is 0.0293. The molecule has 0 bridgehead atoms. The van der Waals surface area contributed by atoms with Gasteiger partial charge >= 0.3 is 0 Å². The van der Waals surface area contributed by atoms with E-state index in [2.05, 4.69) is 15.4 Å². The Bertz CT molecular complexity index is 1710. The van der Waals surface area contributed by atoms with Crippen LogP contribution in [0.15, 0.2) is 95.9 Å². The molecule has 0 spiro atoms. The third-order valence-electron chi connectivity index (χ3n) is 6.53. The van der Waals surface area contributed by atoms with E-state index in [-0.39, 0.29) is 22.5 Å². The van der Waals surface area contributed by atoms with Crippen LogP contribution in [0.4, 0.5) is 11.4 Å². The largest absolute Gasteiger partial charge is 0.496 e. The monoisotopic (exact) mass is 602 g/mol. The molecule has 0 fully saturated rings. The first-order valence-electron chi connectivity index (χ1n) is 13.4. The Morgan fingerprint density at radius 1 is 0.744 bits per heavy atom. The molecule has 0 saturated heterocycles. The Morgan fingerprint density at radius 3 is 2.12 bits per heavy atom. The second-order valence-electron chi connectivity index (χ2n) is 9.71. The van der Waals surface area contributed by atoms with Crippen molar-refractivity contribution in [1.82, 2.24) is 10.2 Å². The second-order valence-corrected chi connectivity index (χ2v) is 11.4. The van der Waals surface area contributed by atoms with Gasteiger partial charge in [0.2, 0.25) is 0 Å². The SMILES string of the molecule is COc1ccccc1C(=O)NCCNc1cccc(NS(=O)(=O)c2cc(-c3ccc(C(=O)N(C)C)cc3)ccc2OC)c1. The molecule has 3 N–H and O–H groups in total. The van der Waals surface area contributed by atoms with Crippen molar-refractivity contribution in [3.63, 3.8) is 0 Å². The standard InChI is InChI=1S/C32H34N4O6S/c1-36(2)32(38)23-14-12-22(13-15-23)24-16-17-29(42-4)30(20-24)43(39,40)35-26-9-7-8-25(21-26)33-18-19-34-31(37)27-10-5-6-11-28(27)41-3/h5-17,20-21,33,35H,18-19H2,1-4H3,(H,34,37). The van der Waals surface area contributed by atoms with Crippen molar-refractivity contribution in [3.05, 3.63) is 102 Å². The maximum atomic E-state index is 13.5. The number of para-hydroxylation sites is 1. The van der Waals surface area contributed by atoms with E-state index >= 15 is 0 Å². The summed E-state index contributed by atoms with van der Waals surface area (Å²) in [5.41, 5.74) is 3.39. The van der Waals surface area contributed by atoms with Crippen LogP contribution in [0.25, 0.3) is 11.1 Å². The predicted molar refractivity (Wildman–Crippen MR) is 168 cm³/mol. The molecule has 0 unspecified atom stereocenters. The molecule has 4 rings (SSSR count). The van der Waals surface area contributed by atoms with Crippen molar-refractivity contribution in [2.75, 3.05) is 51.4 Å². The average Bonchev–Trinajstić information content (AvgIpc) is 3.02. The summed E-state index contributed by atoms with van der Waals surface area (Å²) in [7, 11) is 2.24. The van der Waals surface area contributed by atoms with Crippen LogP contribution >= 0.6 is 0 Å². The van der Waals surface area contributed by atoms with Gasteiger partial charge in [0.25, 0.3) is 21.8 Å². The number of nitrogens with one attached hydrogen (secondary N) is 3. The summed E-state index contributed by atoms with van der Waals surface area (Å²) in [5.74, 6) is 0.304. The van der Waals surface area contributed by atoms with E-state index in [1.807, 2.05) is 0 Å². The number of carbonyl (C=O) groups is 2. The fraction of sp³-hybridized carbons (Fsp3) is 0.188. The number of ether oxygens (including phenoxy) is 2. The molecule has 43 heavy (non-hydrogen) atoms. The van der Waals surface area contributed by atoms with Crippen molar-refractivity contribution < 1.29 is 27.5 Å². The molecule has 4 aromatic rings. The van der Waals surface area contributed by atoms with Crippen LogP contribution in [0.3, 0.4) is 0 Å². The summed E-state index contributed by atoms with van der Waals surface area (Å²) >= 11 is 0. The average molecular weight is 603 g/mol. The highest BCUT2D eigenvalue weighted by molar-refractivity contribution is 7.92. The van der Waals surface area contributed by atoms with Crippen LogP contribution in [0.2, 0.25) is 0 Å². The van der Waals surface area contributed by atoms with Crippen molar-refractivity contribution in [3.8, 4) is 22.6 Å². The van der Waals surface area contributed by atoms with Gasteiger partial charge in [-0.15, -0.1) is 0 Å². The van der Waals surface area contributed by atoms with E-state index in [0.29, 0.717) is 46.9 Å². The summed E-state index contributed by atoms with van der Waals surface area (Å²) in [6.45, 7) is 0.743. The summed E-state index contributed by atoms with van der Waals surface area (Å²) in [4.78, 5) is 26.2. The Balaban J connectivity index is 1.44. The molecule has 0 aliphatic heterocycles. The molecule has 10 nitrogen and oxygen atoms in total. The number of hydrogen-bond donors (Lipinski definition) is 3. The lowest BCUT2D eigenvalue weighted by molar-refractivity contribution is 0.0827. The number of benzene rings is 4. The Morgan fingerprint density at radius 2 is 1.42 bits per heavy atom. The summed E-state index contributed by atoms with van der Waals surface area (Å²) in [5, 5.41) is 6.02. The first kappa shape index (κ1) is 30.9. The van der Waals surface area contributed by atoms with Gasteiger partial charge in [0.1, 0.15) is 16.4 Å². The number of amides is 2. The minimum atomic E-state index is -4.04. The Hall–Kier alpha value is -5.03. The summed E-state index contributed by atoms with van der Waals surface area (Å²) in [6, 6.07) is 25.6. The fourth-order valence-corrected chi connectivity index (χ4v) is 5.59. The maximum Gasteiger partial charge on any atom is 0.265 e. The molecule has 2 amide bonds. The van der Waals surface area contributed by atoms with E-state index in [9.17, 15) is 18.0 Å². The fourth-order valence-electron chi connectivity index (χ4n) is 4.34. The van der Waals surface area contributed by atoms with Gasteiger partial charge in [-0.05, 0) is 65.7 Å². The highest BCUT2D eigenvalue weighted by Gasteiger charge is 2.21. The van der Waals surface area contributed by atoms with Gasteiger partial charge < -0.3 is 25.0 Å². The molecule has 0 atom stereocenters. The molecule has 0 radical (unpaired) electrons. The van der Waals surface area contributed by atoms with Crippen molar-refractivity contribution in [1.29, 1.82) is 0 Å². The van der Waals surface area contributed by atoms with Crippen LogP contribution in [-0.4, -0.2) is 66.5 Å². The third kappa shape index (κ3) is 7.63. The predicted octanol–water partition coefficient (Wildman–Crippen LogP) is 4.72. The molecular weight excluding hydrogens is 568 g/mol. The van der Waals surface area contributed by atoms with Gasteiger partial charge in [-0.25, -0.2) is 8.42 Å². The quantitative estimate of drug-likeness (QED) is 0.201. The van der Waals surface area contributed by atoms with E-state index in [1.54, 1.807) is 99.0 Å². The molecular formula is C32H34N4O6S. The molecule has 0 heterocycles. The zero-order valence-electron chi connectivity index (χ0n) is 24.4. The van der Waals surface area contributed by atoms with E-state index in [4.69, 9.17) is 9.47 Å². The number of anilines is 2. The molecule has 224 valence electrons. The molecule has 0 aliphatic rings. The van der Waals surface area contributed by atoms with Gasteiger partial charge in [0.05, 0.1) is 25.5 Å². The van der Waals surface area contributed by atoms with Gasteiger partial charge in [-0.2, -0.15) is 0 Å². The Labute approximate surface area is 251 Å². The second kappa shape index (κ2) is 13.8. The van der Waals surface area contributed by atoms with Gasteiger partial charge in [0, 0.05) is 38.4 Å². The van der Waals surface area contributed by atoms with Gasteiger partial charge in [0.15, 0.2) is 0 Å². The zero-order chi connectivity index (χ0) is 31.0. The molecule has 0 saturated carbocycles. The highest BCUT2D eigenvalue weighted by atomic mass is 32.2. The molecule has 11 heteroatoms. The van der Waals surface area contributed by atoms with Crippen molar-refractivity contribution in [2.45, 2.75) is 4.90 Å². The summed E-state index contributed by atoms with van der Waals surface area (Å²) in [6.07, 6.45) is 0. The van der Waals surface area contributed by atoms with E-state index in [1.165, 1.54) is 25.2 Å².